The Morgan fingerprint density at radius 3 is 2.70 bits per heavy atom. The van der Waals surface area contributed by atoms with E-state index in [1.165, 1.54) is 12.1 Å². The lowest BCUT2D eigenvalue weighted by atomic mass is 10.1. The van der Waals surface area contributed by atoms with Gasteiger partial charge in [-0.2, -0.15) is 5.10 Å². The summed E-state index contributed by atoms with van der Waals surface area (Å²) in [5.74, 6) is -1.02. The molecule has 0 atom stereocenters. The highest BCUT2D eigenvalue weighted by molar-refractivity contribution is 5.94. The fraction of sp³-hybridized carbons (Fsp3) is 0.250. The highest BCUT2D eigenvalue weighted by Gasteiger charge is 2.25. The molecule has 1 fully saturated rings. The van der Waals surface area contributed by atoms with E-state index in [1.54, 1.807) is 36.5 Å². The molecule has 2 aliphatic rings. The molecule has 0 aromatic heterocycles. The van der Waals surface area contributed by atoms with Crippen molar-refractivity contribution in [2.24, 2.45) is 5.10 Å². The molecule has 4 rings (SSSR count). The first-order chi connectivity index (χ1) is 16.0. The van der Waals surface area contributed by atoms with Crippen LogP contribution in [0.15, 0.2) is 70.5 Å². The molecule has 2 aromatic rings. The molecule has 0 radical (unpaired) electrons. The SMILES string of the molecule is O=C(O)c1ccccc1N/N=C/C1=C(N2CCOCC2)C(=C/c2cccc([N+](=O)[O-])c2)/CC1. The fourth-order valence-electron chi connectivity index (χ4n) is 4.05. The number of rotatable bonds is 7. The van der Waals surface area contributed by atoms with E-state index in [9.17, 15) is 20.0 Å². The molecule has 2 aromatic carbocycles. The number of nitrogens with one attached hydrogen (secondary N) is 1. The van der Waals surface area contributed by atoms with Crippen molar-refractivity contribution >= 4 is 29.6 Å². The predicted molar refractivity (Wildman–Crippen MR) is 125 cm³/mol. The molecule has 33 heavy (non-hydrogen) atoms. The van der Waals surface area contributed by atoms with Crippen LogP contribution in [-0.2, 0) is 4.74 Å². The second-order valence-electron chi connectivity index (χ2n) is 7.72. The topological polar surface area (TPSA) is 117 Å². The number of carbonyl (C=O) groups is 1. The van der Waals surface area contributed by atoms with Crippen LogP contribution >= 0.6 is 0 Å². The van der Waals surface area contributed by atoms with Crippen LogP contribution in [0.3, 0.4) is 0 Å². The van der Waals surface area contributed by atoms with E-state index in [0.29, 0.717) is 18.9 Å². The molecule has 0 bridgehead atoms. The van der Waals surface area contributed by atoms with E-state index in [1.807, 2.05) is 12.1 Å². The summed E-state index contributed by atoms with van der Waals surface area (Å²) < 4.78 is 5.50. The Hall–Kier alpha value is -3.98. The van der Waals surface area contributed by atoms with Gasteiger partial charge in [-0.3, -0.25) is 15.5 Å². The van der Waals surface area contributed by atoms with Gasteiger partial charge in [0.15, 0.2) is 0 Å². The maximum absolute atomic E-state index is 11.4. The summed E-state index contributed by atoms with van der Waals surface area (Å²) in [5.41, 5.74) is 7.41. The first kappa shape index (κ1) is 22.2. The third-order valence-electron chi connectivity index (χ3n) is 5.58. The van der Waals surface area contributed by atoms with Gasteiger partial charge in [0.2, 0.25) is 0 Å². The van der Waals surface area contributed by atoms with Crippen molar-refractivity contribution in [2.75, 3.05) is 31.7 Å². The van der Waals surface area contributed by atoms with Gasteiger partial charge in [0, 0.05) is 30.9 Å². The van der Waals surface area contributed by atoms with E-state index in [-0.39, 0.29) is 11.3 Å². The van der Waals surface area contributed by atoms with Crippen LogP contribution in [0.25, 0.3) is 6.08 Å². The standard InChI is InChI=1S/C24H24N4O5/c29-24(30)21-6-1-2-7-22(21)26-25-16-19-9-8-18(23(19)27-10-12-33-13-11-27)14-17-4-3-5-20(15-17)28(31)32/h1-7,14-16,26H,8-13H2,(H,29,30)/b18-14+,25-16+. The monoisotopic (exact) mass is 448 g/mol. The van der Waals surface area contributed by atoms with Gasteiger partial charge in [0.05, 0.1) is 35.6 Å². The summed E-state index contributed by atoms with van der Waals surface area (Å²) >= 11 is 0. The first-order valence-electron chi connectivity index (χ1n) is 10.7. The molecule has 1 aliphatic heterocycles. The molecule has 0 spiro atoms. The summed E-state index contributed by atoms with van der Waals surface area (Å²) in [6.07, 6.45) is 5.27. The molecule has 170 valence electrons. The predicted octanol–water partition coefficient (Wildman–Crippen LogP) is 4.15. The Balaban J connectivity index is 1.64. The second-order valence-corrected chi connectivity index (χ2v) is 7.72. The number of nitrogens with zero attached hydrogens (tertiary/aromatic N) is 3. The highest BCUT2D eigenvalue weighted by atomic mass is 16.6. The average molecular weight is 448 g/mol. The van der Waals surface area contributed by atoms with Gasteiger partial charge in [-0.1, -0.05) is 24.3 Å². The normalized spacial score (nSPS) is 17.7. The van der Waals surface area contributed by atoms with Crippen molar-refractivity contribution in [1.82, 2.24) is 4.90 Å². The zero-order chi connectivity index (χ0) is 23.2. The lowest BCUT2D eigenvalue weighted by molar-refractivity contribution is -0.384. The molecule has 1 saturated heterocycles. The molecule has 2 N–H and O–H groups in total. The van der Waals surface area contributed by atoms with Crippen LogP contribution in [-0.4, -0.2) is 53.4 Å². The summed E-state index contributed by atoms with van der Waals surface area (Å²) in [7, 11) is 0. The number of nitro benzene ring substituents is 1. The maximum atomic E-state index is 11.4. The fourth-order valence-corrected chi connectivity index (χ4v) is 4.05. The highest BCUT2D eigenvalue weighted by Crippen LogP contribution is 2.35. The Kier molecular flexibility index (Phi) is 6.80. The van der Waals surface area contributed by atoms with Gasteiger partial charge in [0.25, 0.3) is 5.69 Å². The third kappa shape index (κ3) is 5.27. The maximum Gasteiger partial charge on any atom is 0.337 e. The minimum absolute atomic E-state index is 0.0577. The molecule has 0 unspecified atom stereocenters. The van der Waals surface area contributed by atoms with E-state index >= 15 is 0 Å². The zero-order valence-electron chi connectivity index (χ0n) is 17.9. The molecule has 0 saturated carbocycles. The zero-order valence-corrected chi connectivity index (χ0v) is 17.9. The van der Waals surface area contributed by atoms with E-state index in [0.717, 1.165) is 48.3 Å². The van der Waals surface area contributed by atoms with Crippen molar-refractivity contribution in [1.29, 1.82) is 0 Å². The molecule has 9 heteroatoms. The van der Waals surface area contributed by atoms with Crippen LogP contribution in [0.5, 0.6) is 0 Å². The minimum atomic E-state index is -1.02. The van der Waals surface area contributed by atoms with Crippen LogP contribution in [0.1, 0.15) is 28.8 Å². The average Bonchev–Trinajstić information content (AvgIpc) is 3.22. The van der Waals surface area contributed by atoms with Crippen molar-refractivity contribution in [3.8, 4) is 0 Å². The number of aromatic carboxylic acids is 1. The molecular weight excluding hydrogens is 424 g/mol. The first-order valence-corrected chi connectivity index (χ1v) is 10.7. The summed E-state index contributed by atoms with van der Waals surface area (Å²) in [5, 5.41) is 24.8. The number of hydrogen-bond donors (Lipinski definition) is 2. The van der Waals surface area contributed by atoms with E-state index in [4.69, 9.17) is 4.74 Å². The van der Waals surface area contributed by atoms with Crippen LogP contribution in [0.2, 0.25) is 0 Å². The summed E-state index contributed by atoms with van der Waals surface area (Å²) in [6, 6.07) is 13.2. The Bertz CT molecular complexity index is 1150. The Morgan fingerprint density at radius 2 is 1.94 bits per heavy atom. The number of para-hydroxylation sites is 1. The number of benzene rings is 2. The van der Waals surface area contributed by atoms with E-state index < -0.39 is 10.9 Å². The lowest BCUT2D eigenvalue weighted by Crippen LogP contribution is -2.36. The molecule has 1 aliphatic carbocycles. The lowest BCUT2D eigenvalue weighted by Gasteiger charge is -2.31. The Labute approximate surface area is 190 Å². The smallest absolute Gasteiger partial charge is 0.337 e. The van der Waals surface area contributed by atoms with Gasteiger partial charge >= 0.3 is 5.97 Å². The number of hydrazone groups is 1. The van der Waals surface area contributed by atoms with Crippen molar-refractivity contribution in [3.05, 3.63) is 86.6 Å². The molecular formula is C24H24N4O5. The molecule has 9 nitrogen and oxygen atoms in total. The number of non-ortho nitro benzene ring substituents is 1. The van der Waals surface area contributed by atoms with Crippen molar-refractivity contribution in [3.63, 3.8) is 0 Å². The largest absolute Gasteiger partial charge is 0.478 e. The number of morpholine rings is 1. The number of nitro groups is 1. The number of ether oxygens (including phenoxy) is 1. The van der Waals surface area contributed by atoms with E-state index in [2.05, 4.69) is 15.4 Å². The van der Waals surface area contributed by atoms with Crippen LogP contribution in [0.4, 0.5) is 11.4 Å². The molecule has 0 amide bonds. The van der Waals surface area contributed by atoms with Crippen LogP contribution < -0.4 is 5.43 Å². The van der Waals surface area contributed by atoms with Gasteiger partial charge in [-0.25, -0.2) is 4.79 Å². The summed E-state index contributed by atoms with van der Waals surface area (Å²) in [6.45, 7) is 2.74. The number of carboxylic acid groups (broad SMARTS) is 1. The quantitative estimate of drug-likeness (QED) is 0.371. The van der Waals surface area contributed by atoms with Gasteiger partial charge in [0.1, 0.15) is 0 Å². The number of carboxylic acids is 1. The summed E-state index contributed by atoms with van der Waals surface area (Å²) in [4.78, 5) is 24.4. The number of hydrogen-bond acceptors (Lipinski definition) is 7. The van der Waals surface area contributed by atoms with Crippen molar-refractivity contribution in [2.45, 2.75) is 12.8 Å². The van der Waals surface area contributed by atoms with Gasteiger partial charge < -0.3 is 14.7 Å². The Morgan fingerprint density at radius 1 is 1.15 bits per heavy atom. The third-order valence-corrected chi connectivity index (χ3v) is 5.58. The second kappa shape index (κ2) is 10.1. The minimum Gasteiger partial charge on any atom is -0.478 e. The van der Waals surface area contributed by atoms with Crippen molar-refractivity contribution < 1.29 is 19.6 Å². The molecule has 1 heterocycles. The van der Waals surface area contributed by atoms with Gasteiger partial charge in [-0.15, -0.1) is 0 Å². The number of anilines is 1. The number of allylic oxidation sites excluding steroid dienone is 2. The van der Waals surface area contributed by atoms with Crippen LogP contribution in [0, 0.1) is 10.1 Å². The van der Waals surface area contributed by atoms with Gasteiger partial charge in [-0.05, 0) is 47.8 Å².